The molecule has 0 unspecified atom stereocenters. The molecule has 0 spiro atoms. The van der Waals surface area contributed by atoms with Crippen molar-refractivity contribution in [3.8, 4) is 11.3 Å². The number of aliphatic hydroxyl groups excluding tert-OH is 1. The minimum absolute atomic E-state index is 0.154. The topological polar surface area (TPSA) is 120 Å². The van der Waals surface area contributed by atoms with Crippen LogP contribution in [-0.2, 0) is 0 Å². The molecular formula is C22H17ClN6O2. The maximum absolute atomic E-state index is 12.8. The van der Waals surface area contributed by atoms with E-state index in [-0.39, 0.29) is 12.4 Å². The van der Waals surface area contributed by atoms with Crippen LogP contribution in [0.5, 0.6) is 0 Å². The Balaban J connectivity index is 1.47. The van der Waals surface area contributed by atoms with Gasteiger partial charge in [0.05, 0.1) is 29.2 Å². The van der Waals surface area contributed by atoms with Crippen LogP contribution in [0.25, 0.3) is 33.2 Å². The first kappa shape index (κ1) is 19.2. The highest BCUT2D eigenvalue weighted by Gasteiger charge is 2.19. The van der Waals surface area contributed by atoms with Crippen molar-refractivity contribution in [2.24, 2.45) is 0 Å². The highest BCUT2D eigenvalue weighted by Crippen LogP contribution is 2.29. The van der Waals surface area contributed by atoms with Gasteiger partial charge in [0.25, 0.3) is 5.91 Å². The van der Waals surface area contributed by atoms with E-state index in [1.165, 1.54) is 0 Å². The number of nitrogens with zero attached hydrogens (tertiary/aromatic N) is 3. The largest absolute Gasteiger partial charge is 0.394 e. The molecule has 1 atom stereocenters. The molecule has 0 aliphatic rings. The molecule has 1 amide bonds. The van der Waals surface area contributed by atoms with Crippen LogP contribution in [0.15, 0.2) is 60.9 Å². The fourth-order valence-electron chi connectivity index (χ4n) is 3.54. The fraction of sp³-hybridized carbons (Fsp3) is 0.0909. The Labute approximate surface area is 181 Å². The van der Waals surface area contributed by atoms with E-state index in [4.69, 9.17) is 11.6 Å². The number of carbonyl (C=O) groups is 1. The van der Waals surface area contributed by atoms with Gasteiger partial charge in [-0.2, -0.15) is 5.10 Å². The van der Waals surface area contributed by atoms with Crippen molar-refractivity contribution < 1.29 is 9.90 Å². The zero-order valence-corrected chi connectivity index (χ0v) is 16.9. The number of aromatic nitrogens is 5. The summed E-state index contributed by atoms with van der Waals surface area (Å²) in [6.07, 6.45) is 3.42. The van der Waals surface area contributed by atoms with Crippen molar-refractivity contribution in [3.63, 3.8) is 0 Å². The summed E-state index contributed by atoms with van der Waals surface area (Å²) in [7, 11) is 0. The molecule has 0 saturated heterocycles. The normalized spacial score (nSPS) is 12.3. The molecular weight excluding hydrogens is 416 g/mol. The van der Waals surface area contributed by atoms with Crippen molar-refractivity contribution in [1.29, 1.82) is 0 Å². The van der Waals surface area contributed by atoms with E-state index in [2.05, 4.69) is 30.5 Å². The number of aromatic amines is 2. The molecule has 5 rings (SSSR count). The van der Waals surface area contributed by atoms with Gasteiger partial charge in [-0.1, -0.05) is 23.7 Å². The summed E-state index contributed by atoms with van der Waals surface area (Å²) in [5, 5.41) is 21.4. The summed E-state index contributed by atoms with van der Waals surface area (Å²) in [6.45, 7) is -0.268. The number of H-pyrrole nitrogens is 2. The second-order valence-corrected chi connectivity index (χ2v) is 7.51. The molecule has 2 aromatic carbocycles. The number of nitrogens with one attached hydrogen (secondary N) is 3. The molecule has 3 heterocycles. The summed E-state index contributed by atoms with van der Waals surface area (Å²) >= 11 is 6.03. The molecule has 0 saturated carbocycles. The van der Waals surface area contributed by atoms with Crippen LogP contribution in [0.3, 0.4) is 0 Å². The lowest BCUT2D eigenvalue weighted by molar-refractivity contribution is 0.0907. The van der Waals surface area contributed by atoms with Crippen LogP contribution < -0.4 is 5.32 Å². The number of rotatable bonds is 5. The molecule has 0 fully saturated rings. The quantitative estimate of drug-likeness (QED) is 0.338. The Kier molecular flexibility index (Phi) is 4.85. The molecule has 3 aromatic heterocycles. The van der Waals surface area contributed by atoms with E-state index >= 15 is 0 Å². The van der Waals surface area contributed by atoms with Crippen LogP contribution in [0, 0.1) is 0 Å². The number of pyridine rings is 1. The van der Waals surface area contributed by atoms with Gasteiger partial charge < -0.3 is 15.4 Å². The Morgan fingerprint density at radius 1 is 1.13 bits per heavy atom. The molecule has 8 nitrogen and oxygen atoms in total. The summed E-state index contributed by atoms with van der Waals surface area (Å²) < 4.78 is 0. The number of benzene rings is 2. The first-order chi connectivity index (χ1) is 15.1. The lowest BCUT2D eigenvalue weighted by Crippen LogP contribution is -2.31. The Morgan fingerprint density at radius 2 is 1.97 bits per heavy atom. The number of halogens is 1. The van der Waals surface area contributed by atoms with E-state index < -0.39 is 11.9 Å². The predicted octanol–water partition coefficient (Wildman–Crippen LogP) is 3.62. The Hall–Kier alpha value is -3.75. The lowest BCUT2D eigenvalue weighted by atomic mass is 10.1. The zero-order chi connectivity index (χ0) is 21.4. The molecule has 0 aliphatic carbocycles. The number of imidazole rings is 1. The number of aliphatic hydroxyl groups is 1. The van der Waals surface area contributed by atoms with Gasteiger partial charge in [-0.15, -0.1) is 0 Å². The van der Waals surface area contributed by atoms with Gasteiger partial charge in [-0.05, 0) is 42.0 Å². The SMILES string of the molecule is O=C(N[C@H](CO)c1cccc(Cl)c1)c1nc2cc3c(-c4ccncc4)n[nH]c3cc2[nH]1. The second kappa shape index (κ2) is 7.82. The first-order valence-electron chi connectivity index (χ1n) is 9.58. The summed E-state index contributed by atoms with van der Waals surface area (Å²) in [4.78, 5) is 24.3. The molecule has 31 heavy (non-hydrogen) atoms. The van der Waals surface area contributed by atoms with Gasteiger partial charge in [0.1, 0.15) is 5.69 Å². The zero-order valence-electron chi connectivity index (χ0n) is 16.1. The number of carbonyl (C=O) groups excluding carboxylic acids is 1. The maximum atomic E-state index is 12.8. The van der Waals surface area contributed by atoms with Crippen LogP contribution >= 0.6 is 11.6 Å². The number of amides is 1. The predicted molar refractivity (Wildman–Crippen MR) is 118 cm³/mol. The van der Waals surface area contributed by atoms with Crippen LogP contribution in [0.2, 0.25) is 5.02 Å². The highest BCUT2D eigenvalue weighted by atomic mass is 35.5. The fourth-order valence-corrected chi connectivity index (χ4v) is 3.74. The monoisotopic (exact) mass is 432 g/mol. The lowest BCUT2D eigenvalue weighted by Gasteiger charge is -2.16. The van der Waals surface area contributed by atoms with E-state index in [1.54, 1.807) is 36.7 Å². The van der Waals surface area contributed by atoms with Crippen molar-refractivity contribution in [2.45, 2.75) is 6.04 Å². The number of hydrogen-bond donors (Lipinski definition) is 4. The van der Waals surface area contributed by atoms with E-state index in [0.717, 1.165) is 22.2 Å². The van der Waals surface area contributed by atoms with E-state index in [0.29, 0.717) is 21.6 Å². The van der Waals surface area contributed by atoms with Crippen molar-refractivity contribution in [3.05, 3.63) is 77.3 Å². The molecule has 9 heteroatoms. The third-order valence-electron chi connectivity index (χ3n) is 5.07. The van der Waals surface area contributed by atoms with Gasteiger partial charge in [-0.25, -0.2) is 4.98 Å². The molecule has 0 bridgehead atoms. The van der Waals surface area contributed by atoms with Gasteiger partial charge in [0, 0.05) is 28.4 Å². The van der Waals surface area contributed by atoms with E-state index in [1.807, 2.05) is 24.3 Å². The van der Waals surface area contributed by atoms with Crippen molar-refractivity contribution in [2.75, 3.05) is 6.61 Å². The van der Waals surface area contributed by atoms with Crippen LogP contribution in [-0.4, -0.2) is 42.8 Å². The summed E-state index contributed by atoms with van der Waals surface area (Å²) in [6, 6.07) is 13.9. The van der Waals surface area contributed by atoms with Crippen molar-refractivity contribution in [1.82, 2.24) is 30.5 Å². The molecule has 4 N–H and O–H groups in total. The minimum atomic E-state index is -0.600. The Bertz CT molecular complexity index is 1400. The van der Waals surface area contributed by atoms with Crippen molar-refractivity contribution >= 4 is 39.4 Å². The van der Waals surface area contributed by atoms with Gasteiger partial charge >= 0.3 is 0 Å². The second-order valence-electron chi connectivity index (χ2n) is 7.07. The third kappa shape index (κ3) is 3.63. The number of fused-ring (bicyclic) bond motifs is 2. The maximum Gasteiger partial charge on any atom is 0.287 e. The molecule has 5 aromatic rings. The summed E-state index contributed by atoms with van der Waals surface area (Å²) in [5.74, 6) is -0.270. The number of hydrogen-bond acceptors (Lipinski definition) is 5. The average Bonchev–Trinajstić information content (AvgIpc) is 3.39. The molecule has 154 valence electrons. The molecule has 0 radical (unpaired) electrons. The molecule has 0 aliphatic heterocycles. The van der Waals surface area contributed by atoms with Crippen LogP contribution in [0.4, 0.5) is 0 Å². The standard InChI is InChI=1S/C22H17ClN6O2/c23-14-3-1-2-13(8-14)19(11-30)27-22(31)21-25-17-9-15-16(10-18(17)26-21)28-29-20(15)12-4-6-24-7-5-12/h1-10,19,30H,11H2,(H,25,26)(H,27,31)(H,28,29)/t19-/m1/s1. The Morgan fingerprint density at radius 3 is 2.74 bits per heavy atom. The van der Waals surface area contributed by atoms with Gasteiger partial charge in [0.2, 0.25) is 0 Å². The third-order valence-corrected chi connectivity index (χ3v) is 5.31. The van der Waals surface area contributed by atoms with Gasteiger partial charge in [0.15, 0.2) is 5.82 Å². The summed E-state index contributed by atoms with van der Waals surface area (Å²) in [5.41, 5.74) is 4.59. The minimum Gasteiger partial charge on any atom is -0.394 e. The average molecular weight is 433 g/mol. The smallest absolute Gasteiger partial charge is 0.287 e. The highest BCUT2D eigenvalue weighted by molar-refractivity contribution is 6.30. The van der Waals surface area contributed by atoms with E-state index in [9.17, 15) is 9.90 Å². The first-order valence-corrected chi connectivity index (χ1v) is 9.95. The van der Waals surface area contributed by atoms with Crippen LogP contribution in [0.1, 0.15) is 22.2 Å². The van der Waals surface area contributed by atoms with Gasteiger partial charge in [-0.3, -0.25) is 14.9 Å².